The first-order valence-electron chi connectivity index (χ1n) is 4.97. The van der Waals surface area contributed by atoms with Crippen molar-refractivity contribution in [3.05, 3.63) is 17.0 Å². The molecule has 0 saturated heterocycles. The molecule has 1 heterocycles. The second-order valence-electron chi connectivity index (χ2n) is 3.88. The second-order valence-corrected chi connectivity index (χ2v) is 4.74. The molecule has 0 aliphatic heterocycles. The number of rotatable bonds is 5. The highest BCUT2D eigenvalue weighted by Gasteiger charge is 2.08. The molecule has 1 atom stereocenters. The second kappa shape index (κ2) is 6.02. The van der Waals surface area contributed by atoms with Crippen molar-refractivity contribution in [1.82, 2.24) is 9.97 Å². The molecule has 1 unspecified atom stereocenters. The average Bonchev–Trinajstić information content (AvgIpc) is 2.15. The van der Waals surface area contributed by atoms with E-state index in [2.05, 4.69) is 45.1 Å². The normalized spacial score (nSPS) is 12.9. The Hall–Kier alpha value is -0.680. The number of aliphatic hydroxyl groups excluding tert-OH is 1. The van der Waals surface area contributed by atoms with Crippen molar-refractivity contribution < 1.29 is 5.11 Å². The van der Waals surface area contributed by atoms with E-state index in [-0.39, 0.29) is 6.10 Å². The number of hydrogen-bond acceptors (Lipinski definition) is 4. The van der Waals surface area contributed by atoms with Gasteiger partial charge in [-0.3, -0.25) is 0 Å². The minimum absolute atomic E-state index is 0.341. The molecule has 0 fully saturated rings. The Bertz CT molecular complexity index is 306. The molecule has 0 saturated carbocycles. The predicted molar refractivity (Wildman–Crippen MR) is 63.7 cm³/mol. The average molecular weight is 274 g/mol. The van der Waals surface area contributed by atoms with E-state index in [0.717, 1.165) is 10.9 Å². The van der Waals surface area contributed by atoms with Crippen LogP contribution in [0.3, 0.4) is 0 Å². The van der Waals surface area contributed by atoms with Gasteiger partial charge in [0.05, 0.1) is 10.6 Å². The van der Waals surface area contributed by atoms with Gasteiger partial charge in [-0.05, 0) is 28.3 Å². The Morgan fingerprint density at radius 2 is 2.27 bits per heavy atom. The van der Waals surface area contributed by atoms with Crippen molar-refractivity contribution in [2.75, 3.05) is 11.9 Å². The molecular formula is C10H16BrN3O. The molecule has 0 amide bonds. The van der Waals surface area contributed by atoms with Gasteiger partial charge in [0, 0.05) is 12.7 Å². The highest BCUT2D eigenvalue weighted by atomic mass is 79.9. The van der Waals surface area contributed by atoms with Gasteiger partial charge in [-0.15, -0.1) is 0 Å². The van der Waals surface area contributed by atoms with Crippen molar-refractivity contribution >= 4 is 21.7 Å². The van der Waals surface area contributed by atoms with Crippen LogP contribution in [-0.4, -0.2) is 27.7 Å². The van der Waals surface area contributed by atoms with Crippen LogP contribution in [0.5, 0.6) is 0 Å². The molecular weight excluding hydrogens is 258 g/mol. The summed E-state index contributed by atoms with van der Waals surface area (Å²) in [6.07, 6.45) is 3.59. The summed E-state index contributed by atoms with van der Waals surface area (Å²) in [5, 5.41) is 12.7. The number of aliphatic hydroxyl groups is 1. The SMILES string of the molecule is CC(C)CC(O)CNc1ncncc1Br. The lowest BCUT2D eigenvalue weighted by atomic mass is 10.1. The summed E-state index contributed by atoms with van der Waals surface area (Å²) in [4.78, 5) is 7.91. The third-order valence-electron chi connectivity index (χ3n) is 1.92. The molecule has 0 bridgehead atoms. The fraction of sp³-hybridized carbons (Fsp3) is 0.600. The number of hydrogen-bond donors (Lipinski definition) is 2. The first kappa shape index (κ1) is 12.4. The third-order valence-corrected chi connectivity index (χ3v) is 2.50. The lowest BCUT2D eigenvalue weighted by Gasteiger charge is -2.14. The molecule has 84 valence electrons. The molecule has 1 rings (SSSR count). The summed E-state index contributed by atoms with van der Waals surface area (Å²) in [6.45, 7) is 4.68. The van der Waals surface area contributed by atoms with Crippen LogP contribution >= 0.6 is 15.9 Å². The molecule has 1 aromatic rings. The quantitative estimate of drug-likeness (QED) is 0.862. The van der Waals surface area contributed by atoms with Gasteiger partial charge in [0.25, 0.3) is 0 Å². The summed E-state index contributed by atoms with van der Waals surface area (Å²) in [6, 6.07) is 0. The standard InChI is InChI=1S/C10H16BrN3O/c1-7(2)3-8(15)4-13-10-9(11)5-12-6-14-10/h5-8,15H,3-4H2,1-2H3,(H,12,13,14). The first-order chi connectivity index (χ1) is 7.09. The van der Waals surface area contributed by atoms with Crippen LogP contribution in [-0.2, 0) is 0 Å². The van der Waals surface area contributed by atoms with Crippen LogP contribution in [0.2, 0.25) is 0 Å². The Balaban J connectivity index is 2.40. The zero-order valence-electron chi connectivity index (χ0n) is 8.94. The number of nitrogens with one attached hydrogen (secondary N) is 1. The van der Waals surface area contributed by atoms with Crippen LogP contribution in [0, 0.1) is 5.92 Å². The maximum atomic E-state index is 9.65. The Labute approximate surface area is 98.3 Å². The smallest absolute Gasteiger partial charge is 0.143 e. The van der Waals surface area contributed by atoms with Gasteiger partial charge in [0.2, 0.25) is 0 Å². The predicted octanol–water partition coefficient (Wildman–Crippen LogP) is 2.06. The van der Waals surface area contributed by atoms with E-state index < -0.39 is 0 Å². The zero-order valence-corrected chi connectivity index (χ0v) is 10.5. The van der Waals surface area contributed by atoms with Gasteiger partial charge in [-0.25, -0.2) is 9.97 Å². The van der Waals surface area contributed by atoms with Crippen LogP contribution in [0.1, 0.15) is 20.3 Å². The Kier molecular flexibility index (Phi) is 4.98. The molecule has 0 radical (unpaired) electrons. The van der Waals surface area contributed by atoms with Crippen molar-refractivity contribution in [3.8, 4) is 0 Å². The van der Waals surface area contributed by atoms with E-state index in [4.69, 9.17) is 0 Å². The Morgan fingerprint density at radius 1 is 1.53 bits per heavy atom. The van der Waals surface area contributed by atoms with Gasteiger partial charge in [0.1, 0.15) is 12.1 Å². The van der Waals surface area contributed by atoms with Gasteiger partial charge in [-0.2, -0.15) is 0 Å². The van der Waals surface area contributed by atoms with E-state index in [0.29, 0.717) is 18.3 Å². The van der Waals surface area contributed by atoms with Crippen molar-refractivity contribution in [1.29, 1.82) is 0 Å². The highest BCUT2D eigenvalue weighted by molar-refractivity contribution is 9.10. The third kappa shape index (κ3) is 4.57. The molecule has 0 aromatic carbocycles. The van der Waals surface area contributed by atoms with Crippen LogP contribution < -0.4 is 5.32 Å². The topological polar surface area (TPSA) is 58.0 Å². The summed E-state index contributed by atoms with van der Waals surface area (Å²) in [5.74, 6) is 1.21. The molecule has 2 N–H and O–H groups in total. The van der Waals surface area contributed by atoms with E-state index in [1.165, 1.54) is 6.33 Å². The Morgan fingerprint density at radius 3 is 2.87 bits per heavy atom. The van der Waals surface area contributed by atoms with E-state index >= 15 is 0 Å². The fourth-order valence-electron chi connectivity index (χ4n) is 1.28. The van der Waals surface area contributed by atoms with Gasteiger partial charge in [-0.1, -0.05) is 13.8 Å². The summed E-state index contributed by atoms with van der Waals surface area (Å²) < 4.78 is 0.807. The van der Waals surface area contributed by atoms with E-state index in [1.807, 2.05) is 0 Å². The molecule has 4 nitrogen and oxygen atoms in total. The molecule has 0 aliphatic rings. The van der Waals surface area contributed by atoms with Crippen molar-refractivity contribution in [2.24, 2.45) is 5.92 Å². The number of anilines is 1. The van der Waals surface area contributed by atoms with Gasteiger partial charge >= 0.3 is 0 Å². The lowest BCUT2D eigenvalue weighted by molar-refractivity contribution is 0.161. The van der Waals surface area contributed by atoms with Gasteiger partial charge in [0.15, 0.2) is 0 Å². The first-order valence-corrected chi connectivity index (χ1v) is 5.76. The number of aromatic nitrogens is 2. The lowest BCUT2D eigenvalue weighted by Crippen LogP contribution is -2.21. The van der Waals surface area contributed by atoms with Crippen LogP contribution in [0.4, 0.5) is 5.82 Å². The summed E-state index contributed by atoms with van der Waals surface area (Å²) >= 11 is 3.33. The summed E-state index contributed by atoms with van der Waals surface area (Å²) in [5.41, 5.74) is 0. The maximum absolute atomic E-state index is 9.65. The molecule has 0 spiro atoms. The number of halogens is 1. The van der Waals surface area contributed by atoms with E-state index in [9.17, 15) is 5.11 Å². The zero-order chi connectivity index (χ0) is 11.3. The highest BCUT2D eigenvalue weighted by Crippen LogP contribution is 2.17. The molecule has 1 aromatic heterocycles. The van der Waals surface area contributed by atoms with Crippen molar-refractivity contribution in [3.63, 3.8) is 0 Å². The largest absolute Gasteiger partial charge is 0.391 e. The minimum Gasteiger partial charge on any atom is -0.391 e. The fourth-order valence-corrected chi connectivity index (χ4v) is 1.65. The maximum Gasteiger partial charge on any atom is 0.143 e. The van der Waals surface area contributed by atoms with Crippen LogP contribution in [0.15, 0.2) is 17.0 Å². The minimum atomic E-state index is -0.341. The monoisotopic (exact) mass is 273 g/mol. The molecule has 5 heteroatoms. The molecule has 15 heavy (non-hydrogen) atoms. The summed E-state index contributed by atoms with van der Waals surface area (Å²) in [7, 11) is 0. The van der Waals surface area contributed by atoms with Gasteiger partial charge < -0.3 is 10.4 Å². The van der Waals surface area contributed by atoms with Crippen molar-refractivity contribution in [2.45, 2.75) is 26.4 Å². The van der Waals surface area contributed by atoms with Crippen LogP contribution in [0.25, 0.3) is 0 Å². The number of nitrogens with zero attached hydrogens (tertiary/aromatic N) is 2. The molecule has 0 aliphatic carbocycles. The van der Waals surface area contributed by atoms with E-state index in [1.54, 1.807) is 6.20 Å².